The number of amides is 1. The number of fused-ring (bicyclic) bond motifs is 1. The monoisotopic (exact) mass is 464 g/mol. The first-order valence-corrected chi connectivity index (χ1v) is 12.9. The van der Waals surface area contributed by atoms with Crippen molar-refractivity contribution in [3.63, 3.8) is 0 Å². The molecule has 2 aromatic carbocycles. The van der Waals surface area contributed by atoms with E-state index in [0.29, 0.717) is 0 Å². The number of aryl methyl sites for hydroxylation is 2. The van der Waals surface area contributed by atoms with Gasteiger partial charge in [0.25, 0.3) is 0 Å². The summed E-state index contributed by atoms with van der Waals surface area (Å²) in [6.45, 7) is 2.01. The summed E-state index contributed by atoms with van der Waals surface area (Å²) < 4.78 is 52.0. The van der Waals surface area contributed by atoms with Crippen LogP contribution in [0.4, 0.5) is 14.5 Å². The molecular weight excluding hydrogens is 434 g/mol. The third-order valence-electron chi connectivity index (χ3n) is 5.87. The zero-order valence-corrected chi connectivity index (χ0v) is 19.4. The number of halogens is 2. The summed E-state index contributed by atoms with van der Waals surface area (Å²) in [5.41, 5.74) is 3.87. The number of hydrogen-bond donors (Lipinski definition) is 1. The molecule has 1 amide bonds. The van der Waals surface area contributed by atoms with E-state index in [2.05, 4.69) is 23.5 Å². The lowest BCUT2D eigenvalue weighted by atomic mass is 9.89. The normalized spacial score (nSPS) is 14.5. The molecule has 0 aromatic heterocycles. The van der Waals surface area contributed by atoms with Crippen molar-refractivity contribution in [3.8, 4) is 0 Å². The lowest BCUT2D eigenvalue weighted by Gasteiger charge is -2.23. The van der Waals surface area contributed by atoms with E-state index >= 15 is 0 Å². The molecule has 0 aliphatic heterocycles. The average Bonchev–Trinajstić information content (AvgIpc) is 2.76. The van der Waals surface area contributed by atoms with Crippen LogP contribution in [-0.4, -0.2) is 27.1 Å². The lowest BCUT2D eigenvalue weighted by molar-refractivity contribution is -0.121. The Morgan fingerprint density at radius 1 is 1.06 bits per heavy atom. The molecule has 0 fully saturated rings. The summed E-state index contributed by atoms with van der Waals surface area (Å²) >= 11 is 0. The highest BCUT2D eigenvalue weighted by Gasteiger charge is 2.20. The molecule has 32 heavy (non-hydrogen) atoms. The number of nitrogens with zero attached hydrogens (tertiary/aromatic N) is 1. The smallest absolute Gasteiger partial charge is 0.232 e. The molecule has 0 saturated heterocycles. The zero-order chi connectivity index (χ0) is 23.3. The fourth-order valence-corrected chi connectivity index (χ4v) is 5.12. The molecule has 1 aliphatic carbocycles. The van der Waals surface area contributed by atoms with Gasteiger partial charge in [0.05, 0.1) is 18.0 Å². The summed E-state index contributed by atoms with van der Waals surface area (Å²) in [7, 11) is -3.71. The van der Waals surface area contributed by atoms with E-state index in [9.17, 15) is 22.0 Å². The van der Waals surface area contributed by atoms with Crippen LogP contribution in [0.3, 0.4) is 0 Å². The van der Waals surface area contributed by atoms with Crippen LogP contribution in [0.25, 0.3) is 0 Å². The maximum atomic E-state index is 13.6. The van der Waals surface area contributed by atoms with Gasteiger partial charge in [-0.05, 0) is 67.3 Å². The van der Waals surface area contributed by atoms with Crippen molar-refractivity contribution < 1.29 is 22.0 Å². The molecule has 1 aliphatic rings. The van der Waals surface area contributed by atoms with Crippen molar-refractivity contribution in [3.05, 3.63) is 64.7 Å². The topological polar surface area (TPSA) is 66.5 Å². The number of sulfonamides is 1. The van der Waals surface area contributed by atoms with E-state index in [0.717, 1.165) is 47.5 Å². The average molecular weight is 465 g/mol. The molecular formula is C24H30F2N2O3S. The first-order valence-electron chi connectivity index (χ1n) is 11.0. The van der Waals surface area contributed by atoms with Gasteiger partial charge in [-0.25, -0.2) is 17.2 Å². The summed E-state index contributed by atoms with van der Waals surface area (Å²) in [5, 5.41) is 3.04. The predicted molar refractivity (Wildman–Crippen MR) is 122 cm³/mol. The van der Waals surface area contributed by atoms with Crippen LogP contribution in [0.2, 0.25) is 0 Å². The number of carbonyl (C=O) groups excluding carboxylic acids is 1. The number of benzene rings is 2. The number of rotatable bonds is 9. The molecule has 0 bridgehead atoms. The van der Waals surface area contributed by atoms with Gasteiger partial charge in [-0.3, -0.25) is 9.10 Å². The van der Waals surface area contributed by atoms with Crippen LogP contribution < -0.4 is 9.62 Å². The van der Waals surface area contributed by atoms with Gasteiger partial charge in [-0.2, -0.15) is 0 Å². The predicted octanol–water partition coefficient (Wildman–Crippen LogP) is 4.66. The Balaban J connectivity index is 1.60. The van der Waals surface area contributed by atoms with Crippen molar-refractivity contribution in [2.75, 3.05) is 17.1 Å². The molecule has 0 heterocycles. The van der Waals surface area contributed by atoms with E-state index in [-0.39, 0.29) is 37.0 Å². The minimum atomic E-state index is -3.71. The van der Waals surface area contributed by atoms with Gasteiger partial charge in [0.15, 0.2) is 11.6 Å². The van der Waals surface area contributed by atoms with E-state index in [1.165, 1.54) is 30.0 Å². The minimum absolute atomic E-state index is 0.00698. The maximum Gasteiger partial charge on any atom is 0.232 e. The number of hydrogen-bond acceptors (Lipinski definition) is 3. The summed E-state index contributed by atoms with van der Waals surface area (Å²) in [6.07, 6.45) is 6.69. The Hall–Kier alpha value is -2.48. The highest BCUT2D eigenvalue weighted by Crippen LogP contribution is 2.26. The van der Waals surface area contributed by atoms with E-state index in [1.807, 2.05) is 6.92 Å². The quantitative estimate of drug-likeness (QED) is 0.587. The molecule has 0 spiro atoms. The van der Waals surface area contributed by atoms with Crippen molar-refractivity contribution in [2.24, 2.45) is 0 Å². The number of nitrogens with one attached hydrogen (secondary N) is 1. The van der Waals surface area contributed by atoms with E-state index in [1.54, 1.807) is 0 Å². The Kier molecular flexibility index (Phi) is 7.87. The molecule has 0 unspecified atom stereocenters. The third kappa shape index (κ3) is 6.06. The van der Waals surface area contributed by atoms with Crippen LogP contribution in [0, 0.1) is 11.6 Å². The molecule has 1 N–H and O–H groups in total. The highest BCUT2D eigenvalue weighted by molar-refractivity contribution is 7.92. The van der Waals surface area contributed by atoms with Gasteiger partial charge >= 0.3 is 0 Å². The number of anilines is 1. The molecule has 174 valence electrons. The fourth-order valence-electron chi connectivity index (χ4n) is 4.17. The second-order valence-electron chi connectivity index (χ2n) is 8.30. The molecule has 2 aromatic rings. The maximum absolute atomic E-state index is 13.6. The van der Waals surface area contributed by atoms with Gasteiger partial charge < -0.3 is 5.32 Å². The van der Waals surface area contributed by atoms with Gasteiger partial charge in [0.1, 0.15) is 0 Å². The summed E-state index contributed by atoms with van der Waals surface area (Å²) in [5.74, 6) is -2.34. The summed E-state index contributed by atoms with van der Waals surface area (Å²) in [4.78, 5) is 12.6. The van der Waals surface area contributed by atoms with Crippen LogP contribution >= 0.6 is 0 Å². The van der Waals surface area contributed by atoms with Gasteiger partial charge in [0, 0.05) is 19.0 Å². The Bertz CT molecular complexity index is 1070. The lowest BCUT2D eigenvalue weighted by Crippen LogP contribution is -2.33. The molecule has 5 nitrogen and oxygen atoms in total. The van der Waals surface area contributed by atoms with E-state index in [4.69, 9.17) is 0 Å². The molecule has 0 saturated carbocycles. The molecule has 0 radical (unpaired) electrons. The van der Waals surface area contributed by atoms with Crippen LogP contribution in [0.1, 0.15) is 61.8 Å². The first kappa shape index (κ1) is 24.2. The molecule has 1 atom stereocenters. The van der Waals surface area contributed by atoms with Crippen molar-refractivity contribution in [1.82, 2.24) is 5.32 Å². The Morgan fingerprint density at radius 2 is 1.78 bits per heavy atom. The van der Waals surface area contributed by atoms with Crippen LogP contribution in [0.15, 0.2) is 36.4 Å². The van der Waals surface area contributed by atoms with Crippen LogP contribution in [0.5, 0.6) is 0 Å². The van der Waals surface area contributed by atoms with E-state index < -0.39 is 21.7 Å². The van der Waals surface area contributed by atoms with Crippen molar-refractivity contribution >= 4 is 21.6 Å². The highest BCUT2D eigenvalue weighted by atomic mass is 32.2. The third-order valence-corrected chi connectivity index (χ3v) is 7.07. The van der Waals surface area contributed by atoms with Crippen LogP contribution in [-0.2, 0) is 27.7 Å². The second kappa shape index (κ2) is 10.4. The first-order chi connectivity index (χ1) is 15.2. The largest absolute Gasteiger partial charge is 0.349 e. The standard InChI is InChI=1S/C24H30F2N2O3S/c1-3-23(19-11-10-17-7-4-5-8-18(17)15-19)27-24(29)9-6-14-28(32(2,30)31)20-12-13-21(25)22(26)16-20/h10-13,15-16,23H,3-9,14H2,1-2H3,(H,27,29)/t23-/m0/s1. The zero-order valence-electron chi connectivity index (χ0n) is 18.5. The van der Waals surface area contributed by atoms with Crippen molar-refractivity contribution in [2.45, 2.75) is 57.9 Å². The summed E-state index contributed by atoms with van der Waals surface area (Å²) in [6, 6.07) is 9.27. The van der Waals surface area contributed by atoms with Gasteiger partial charge in [-0.15, -0.1) is 0 Å². The second-order valence-corrected chi connectivity index (χ2v) is 10.2. The Morgan fingerprint density at radius 3 is 2.44 bits per heavy atom. The Labute approximate surface area is 188 Å². The van der Waals surface area contributed by atoms with Gasteiger partial charge in [0.2, 0.25) is 15.9 Å². The molecule has 8 heteroatoms. The van der Waals surface area contributed by atoms with Gasteiger partial charge in [-0.1, -0.05) is 25.1 Å². The SMILES string of the molecule is CC[C@H](NC(=O)CCCN(c1ccc(F)c(F)c1)S(C)(=O)=O)c1ccc2c(c1)CCCC2. The fraction of sp³-hybridized carbons (Fsp3) is 0.458. The number of carbonyl (C=O) groups is 1. The minimum Gasteiger partial charge on any atom is -0.349 e. The van der Waals surface area contributed by atoms with Crippen molar-refractivity contribution in [1.29, 1.82) is 0 Å². The molecule has 3 rings (SSSR count).